The molecule has 22 nitrogen and oxygen atoms in total. The van der Waals surface area contributed by atoms with Gasteiger partial charge in [-0.25, -0.2) is 0 Å². The van der Waals surface area contributed by atoms with Gasteiger partial charge in [0.2, 0.25) is 6.29 Å². The molecular formula is C54H88O22. The van der Waals surface area contributed by atoms with Crippen LogP contribution in [0, 0.1) is 50.2 Å². The summed E-state index contributed by atoms with van der Waals surface area (Å²) in [7, 11) is 0. The van der Waals surface area contributed by atoms with E-state index in [0.717, 1.165) is 25.7 Å². The molecule has 436 valence electrons. The summed E-state index contributed by atoms with van der Waals surface area (Å²) in [5.74, 6) is -0.480. The van der Waals surface area contributed by atoms with Gasteiger partial charge in [0.25, 0.3) is 0 Å². The summed E-state index contributed by atoms with van der Waals surface area (Å²) >= 11 is 0. The molecule has 0 aromatic carbocycles. The van der Waals surface area contributed by atoms with Crippen LogP contribution in [0.25, 0.3) is 0 Å². The molecule has 13 N–H and O–H groups in total. The summed E-state index contributed by atoms with van der Waals surface area (Å²) in [5, 5.41) is 139. The Balaban J connectivity index is 0.985. The molecule has 0 aromatic rings. The van der Waals surface area contributed by atoms with Crippen LogP contribution in [0.5, 0.6) is 0 Å². The molecule has 76 heavy (non-hydrogen) atoms. The van der Waals surface area contributed by atoms with Crippen LogP contribution < -0.4 is 0 Å². The average Bonchev–Trinajstić information content (AvgIpc) is 3.55. The van der Waals surface area contributed by atoms with Crippen LogP contribution in [0.15, 0.2) is 11.6 Å². The highest BCUT2D eigenvalue weighted by Gasteiger charge is 2.70. The Morgan fingerprint density at radius 1 is 0.579 bits per heavy atom. The Labute approximate surface area is 444 Å². The van der Waals surface area contributed by atoms with Gasteiger partial charge in [0, 0.05) is 0 Å². The molecule has 0 radical (unpaired) electrons. The third-order valence-electron chi connectivity index (χ3n) is 21.4. The van der Waals surface area contributed by atoms with Crippen LogP contribution in [-0.2, 0) is 42.7 Å². The molecule has 5 aliphatic carbocycles. The molecule has 0 bridgehead atoms. The Hall–Kier alpha value is -1.59. The molecular weight excluding hydrogens is 1000 g/mol. The van der Waals surface area contributed by atoms with Gasteiger partial charge < -0.3 is 104 Å². The van der Waals surface area contributed by atoms with Gasteiger partial charge in [0.05, 0.1) is 37.4 Å². The molecule has 0 aromatic heterocycles. The van der Waals surface area contributed by atoms with Crippen LogP contribution in [0.1, 0.15) is 120 Å². The number of ether oxygens (including phenoxy) is 8. The molecule has 4 saturated heterocycles. The van der Waals surface area contributed by atoms with E-state index in [4.69, 9.17) is 37.9 Å². The van der Waals surface area contributed by atoms with Crippen molar-refractivity contribution in [2.45, 2.75) is 249 Å². The predicted molar refractivity (Wildman–Crippen MR) is 261 cm³/mol. The first kappa shape index (κ1) is 59.0. The summed E-state index contributed by atoms with van der Waals surface area (Å²) in [4.78, 5) is 15.6. The maximum absolute atomic E-state index is 15.6. The van der Waals surface area contributed by atoms with Crippen molar-refractivity contribution in [2.24, 2.45) is 50.2 Å². The minimum Gasteiger partial charge on any atom is -0.432 e. The summed E-state index contributed by atoms with van der Waals surface area (Å²) in [5.41, 5.74) is -1.17. The standard InChI is InChI=1S/C54H88O22/c1-23-32(57)36(61)41(66)45(70-23)75-43-39(64)35(60)28(22-69-44-40(65)37(62)33(58)26(20-55)71-44)73-47(43)76-48(68)54-17-15-49(2,3)19-25(54)24-9-10-30-51(6)13-12-31(74-46-42(67)38(63)34(59)27(21-56)72-46)50(4,5)29(51)11-14-53(30,8)52(24,7)16-18-54/h9,23,25-47,55-67H,10-22H2,1-8H3. The second-order valence-corrected chi connectivity index (χ2v) is 26.3. The highest BCUT2D eigenvalue weighted by Crippen LogP contribution is 2.76. The van der Waals surface area contributed by atoms with Crippen molar-refractivity contribution in [3.63, 3.8) is 0 Å². The van der Waals surface area contributed by atoms with Crippen LogP contribution in [0.2, 0.25) is 0 Å². The van der Waals surface area contributed by atoms with Gasteiger partial charge in [-0.1, -0.05) is 60.1 Å². The number of carbonyl (C=O) groups excluding carboxylic acids is 1. The number of aliphatic hydroxyl groups excluding tert-OH is 13. The first-order chi connectivity index (χ1) is 35.5. The maximum Gasteiger partial charge on any atom is 0.315 e. The smallest absolute Gasteiger partial charge is 0.315 e. The van der Waals surface area contributed by atoms with E-state index >= 15 is 4.79 Å². The Bertz CT molecular complexity index is 2090. The largest absolute Gasteiger partial charge is 0.432 e. The van der Waals surface area contributed by atoms with E-state index < -0.39 is 159 Å². The van der Waals surface area contributed by atoms with Gasteiger partial charge in [0.1, 0.15) is 85.5 Å². The number of fused-ring (bicyclic) bond motifs is 7. The van der Waals surface area contributed by atoms with E-state index in [1.54, 1.807) is 0 Å². The van der Waals surface area contributed by atoms with Gasteiger partial charge >= 0.3 is 5.97 Å². The molecule has 4 saturated carbocycles. The SMILES string of the molecule is CC1OC(OC2C(OC(=O)C34CCC(C)(C)CC3C3=CCC5C6(C)CCC(OC7OC(CO)C(O)C(O)C7O)C(C)(C)C6CCC5(C)C3(C)CC4)OC(COC3OC(CO)C(O)C(O)C3O)C(O)C2O)C(O)C(O)C1O. The monoisotopic (exact) mass is 1090 g/mol. The first-order valence-electron chi connectivity index (χ1n) is 27.7. The minimum atomic E-state index is -1.92. The van der Waals surface area contributed by atoms with E-state index in [-0.39, 0.29) is 45.5 Å². The lowest BCUT2D eigenvalue weighted by Crippen LogP contribution is -2.66. The van der Waals surface area contributed by atoms with Crippen molar-refractivity contribution >= 4 is 5.97 Å². The molecule has 9 rings (SSSR count). The highest BCUT2D eigenvalue weighted by molar-refractivity contribution is 5.79. The number of allylic oxidation sites excluding steroid dienone is 2. The third-order valence-corrected chi connectivity index (χ3v) is 21.4. The zero-order valence-electron chi connectivity index (χ0n) is 45.1. The molecule has 28 atom stereocenters. The van der Waals surface area contributed by atoms with Crippen molar-refractivity contribution in [3.05, 3.63) is 11.6 Å². The Morgan fingerprint density at radius 2 is 1.13 bits per heavy atom. The topological polar surface area (TPSA) is 354 Å². The van der Waals surface area contributed by atoms with Crippen molar-refractivity contribution in [3.8, 4) is 0 Å². The van der Waals surface area contributed by atoms with Gasteiger partial charge in [-0.05, 0) is 116 Å². The van der Waals surface area contributed by atoms with Gasteiger partial charge in [-0.2, -0.15) is 0 Å². The summed E-state index contributed by atoms with van der Waals surface area (Å²) in [6.45, 7) is 15.5. The normalized spacial score (nSPS) is 54.0. The number of hydrogen-bond acceptors (Lipinski definition) is 22. The minimum absolute atomic E-state index is 0.153. The Kier molecular flexibility index (Phi) is 16.6. The number of rotatable bonds is 11. The number of esters is 1. The molecule has 0 amide bonds. The molecule has 4 aliphatic heterocycles. The maximum atomic E-state index is 15.6. The third kappa shape index (κ3) is 9.57. The lowest BCUT2D eigenvalue weighted by molar-refractivity contribution is -0.366. The predicted octanol–water partition coefficient (Wildman–Crippen LogP) is -1.01. The van der Waals surface area contributed by atoms with Crippen molar-refractivity contribution in [2.75, 3.05) is 19.8 Å². The first-order valence-corrected chi connectivity index (χ1v) is 27.7. The number of carbonyl (C=O) groups is 1. The molecule has 28 unspecified atom stereocenters. The van der Waals surface area contributed by atoms with E-state index in [2.05, 4.69) is 54.5 Å². The molecule has 0 spiro atoms. The van der Waals surface area contributed by atoms with E-state index in [1.807, 2.05) is 0 Å². The fourth-order valence-corrected chi connectivity index (χ4v) is 16.4. The van der Waals surface area contributed by atoms with Gasteiger partial charge in [0.15, 0.2) is 25.0 Å². The van der Waals surface area contributed by atoms with Crippen LogP contribution in [0.4, 0.5) is 0 Å². The van der Waals surface area contributed by atoms with Gasteiger partial charge in [-0.15, -0.1) is 0 Å². The quantitative estimate of drug-likeness (QED) is 0.0670. The molecule has 8 fully saturated rings. The second kappa shape index (κ2) is 21.3. The number of hydrogen-bond donors (Lipinski definition) is 13. The van der Waals surface area contributed by atoms with Crippen molar-refractivity contribution in [1.82, 2.24) is 0 Å². The molecule has 9 aliphatic rings. The van der Waals surface area contributed by atoms with E-state index in [0.29, 0.717) is 38.5 Å². The zero-order chi connectivity index (χ0) is 55.6. The highest BCUT2D eigenvalue weighted by atomic mass is 16.8. The average molecular weight is 1090 g/mol. The number of aliphatic hydroxyl groups is 13. The van der Waals surface area contributed by atoms with Gasteiger partial charge in [-0.3, -0.25) is 4.79 Å². The lowest BCUT2D eigenvalue weighted by Gasteiger charge is -2.71. The Morgan fingerprint density at radius 3 is 1.76 bits per heavy atom. The fourth-order valence-electron chi connectivity index (χ4n) is 16.4. The zero-order valence-corrected chi connectivity index (χ0v) is 45.1. The van der Waals surface area contributed by atoms with Crippen LogP contribution in [0.3, 0.4) is 0 Å². The van der Waals surface area contributed by atoms with Crippen molar-refractivity contribution < 1.29 is 109 Å². The van der Waals surface area contributed by atoms with Crippen LogP contribution >= 0.6 is 0 Å². The van der Waals surface area contributed by atoms with E-state index in [9.17, 15) is 66.4 Å². The summed E-state index contributed by atoms with van der Waals surface area (Å²) in [6, 6.07) is 0. The summed E-state index contributed by atoms with van der Waals surface area (Å²) in [6.07, 6.45) is -22.8. The fraction of sp³-hybridized carbons (Fsp3) is 0.944. The lowest BCUT2D eigenvalue weighted by atomic mass is 9.33. The second-order valence-electron chi connectivity index (χ2n) is 26.3. The molecule has 4 heterocycles. The van der Waals surface area contributed by atoms with E-state index in [1.165, 1.54) is 12.5 Å². The summed E-state index contributed by atoms with van der Waals surface area (Å²) < 4.78 is 48.1. The van der Waals surface area contributed by atoms with Crippen LogP contribution in [-0.4, -0.2) is 221 Å². The molecule has 22 heteroatoms. The van der Waals surface area contributed by atoms with Crippen molar-refractivity contribution in [1.29, 1.82) is 0 Å².